The Bertz CT molecular complexity index is 512. The summed E-state index contributed by atoms with van der Waals surface area (Å²) in [7, 11) is -3.33. The van der Waals surface area contributed by atoms with E-state index in [0.717, 1.165) is 6.20 Å². The van der Waals surface area contributed by atoms with Crippen molar-refractivity contribution in [2.75, 3.05) is 12.4 Å². The SMILES string of the molecule is CCS(=O)(=O)c1ccc(C(CO)OC(N)=O)nc1. The summed E-state index contributed by atoms with van der Waals surface area (Å²) in [5.41, 5.74) is 5.06. The number of nitrogens with two attached hydrogens (primary N) is 1. The van der Waals surface area contributed by atoms with Crippen LogP contribution in [0.25, 0.3) is 0 Å². The molecule has 0 saturated heterocycles. The minimum atomic E-state index is -3.33. The van der Waals surface area contributed by atoms with E-state index in [2.05, 4.69) is 9.72 Å². The molecule has 0 bridgehead atoms. The van der Waals surface area contributed by atoms with Crippen LogP contribution >= 0.6 is 0 Å². The quantitative estimate of drug-likeness (QED) is 0.780. The predicted octanol–water partition coefficient (Wildman–Crippen LogP) is 0.00390. The molecular weight excluding hydrogens is 260 g/mol. The normalized spacial score (nSPS) is 13.0. The number of carbonyl (C=O) groups is 1. The molecule has 1 heterocycles. The lowest BCUT2D eigenvalue weighted by atomic mass is 10.2. The van der Waals surface area contributed by atoms with Crippen LogP contribution in [0.5, 0.6) is 0 Å². The molecule has 0 aromatic carbocycles. The fraction of sp³-hybridized carbons (Fsp3) is 0.400. The molecule has 18 heavy (non-hydrogen) atoms. The molecule has 0 aliphatic rings. The van der Waals surface area contributed by atoms with Gasteiger partial charge in [0.05, 0.1) is 22.9 Å². The molecule has 0 aliphatic carbocycles. The fourth-order valence-electron chi connectivity index (χ4n) is 1.26. The maximum absolute atomic E-state index is 11.5. The molecule has 0 radical (unpaired) electrons. The van der Waals surface area contributed by atoms with Crippen molar-refractivity contribution in [3.63, 3.8) is 0 Å². The number of rotatable bonds is 5. The van der Waals surface area contributed by atoms with Crippen molar-refractivity contribution >= 4 is 15.9 Å². The van der Waals surface area contributed by atoms with E-state index >= 15 is 0 Å². The summed E-state index contributed by atoms with van der Waals surface area (Å²) in [6.07, 6.45) is -0.886. The van der Waals surface area contributed by atoms with Gasteiger partial charge in [0.15, 0.2) is 15.9 Å². The highest BCUT2D eigenvalue weighted by Crippen LogP contribution is 2.17. The predicted molar refractivity (Wildman–Crippen MR) is 62.5 cm³/mol. The first-order valence-corrected chi connectivity index (χ1v) is 6.81. The van der Waals surface area contributed by atoms with Crippen LogP contribution in [-0.4, -0.2) is 37.0 Å². The minimum Gasteiger partial charge on any atom is -0.437 e. The fourth-order valence-corrected chi connectivity index (χ4v) is 2.09. The average Bonchev–Trinajstić information content (AvgIpc) is 2.36. The third-order valence-corrected chi connectivity index (χ3v) is 3.97. The number of hydrogen-bond donors (Lipinski definition) is 2. The zero-order valence-corrected chi connectivity index (χ0v) is 10.6. The van der Waals surface area contributed by atoms with Crippen LogP contribution in [0.15, 0.2) is 23.2 Å². The first kappa shape index (κ1) is 14.4. The van der Waals surface area contributed by atoms with Gasteiger partial charge in [-0.2, -0.15) is 0 Å². The number of aromatic nitrogens is 1. The van der Waals surface area contributed by atoms with Crippen molar-refractivity contribution in [2.24, 2.45) is 5.73 Å². The van der Waals surface area contributed by atoms with Gasteiger partial charge in [0.1, 0.15) is 0 Å². The third kappa shape index (κ3) is 3.41. The Kier molecular flexibility index (Phi) is 4.62. The van der Waals surface area contributed by atoms with Crippen molar-refractivity contribution in [2.45, 2.75) is 17.9 Å². The molecule has 0 fully saturated rings. The lowest BCUT2D eigenvalue weighted by Crippen LogP contribution is -2.20. The average molecular weight is 274 g/mol. The van der Waals surface area contributed by atoms with Gasteiger partial charge < -0.3 is 15.6 Å². The molecule has 1 unspecified atom stereocenters. The minimum absolute atomic E-state index is 0.0325. The molecule has 8 heteroatoms. The van der Waals surface area contributed by atoms with E-state index in [-0.39, 0.29) is 16.3 Å². The van der Waals surface area contributed by atoms with E-state index in [1.165, 1.54) is 19.1 Å². The monoisotopic (exact) mass is 274 g/mol. The second-order valence-corrected chi connectivity index (χ2v) is 5.71. The number of amides is 1. The van der Waals surface area contributed by atoms with Crippen molar-refractivity contribution in [3.8, 4) is 0 Å². The summed E-state index contributed by atoms with van der Waals surface area (Å²) < 4.78 is 27.7. The van der Waals surface area contributed by atoms with Gasteiger partial charge in [-0.1, -0.05) is 6.92 Å². The maximum Gasteiger partial charge on any atom is 0.405 e. The van der Waals surface area contributed by atoms with Gasteiger partial charge in [-0.05, 0) is 12.1 Å². The van der Waals surface area contributed by atoms with E-state index in [9.17, 15) is 13.2 Å². The highest BCUT2D eigenvalue weighted by Gasteiger charge is 2.17. The lowest BCUT2D eigenvalue weighted by Gasteiger charge is -2.13. The van der Waals surface area contributed by atoms with Crippen LogP contribution in [0.4, 0.5) is 4.79 Å². The molecule has 0 saturated carbocycles. The van der Waals surface area contributed by atoms with Gasteiger partial charge in [0.2, 0.25) is 0 Å². The number of aliphatic hydroxyl groups is 1. The van der Waals surface area contributed by atoms with Crippen molar-refractivity contribution < 1.29 is 23.1 Å². The third-order valence-electron chi connectivity index (χ3n) is 2.25. The molecule has 1 atom stereocenters. The molecule has 1 rings (SSSR count). The van der Waals surface area contributed by atoms with Gasteiger partial charge in [0, 0.05) is 6.20 Å². The van der Waals surface area contributed by atoms with Crippen LogP contribution < -0.4 is 5.73 Å². The van der Waals surface area contributed by atoms with E-state index in [0.29, 0.717) is 0 Å². The number of hydrogen-bond acceptors (Lipinski definition) is 6. The van der Waals surface area contributed by atoms with Crippen molar-refractivity contribution in [1.82, 2.24) is 4.98 Å². The Morgan fingerprint density at radius 2 is 2.22 bits per heavy atom. The molecule has 1 amide bonds. The van der Waals surface area contributed by atoms with Gasteiger partial charge in [-0.3, -0.25) is 4.98 Å². The molecular formula is C10H14N2O5S. The highest BCUT2D eigenvalue weighted by atomic mass is 32.2. The van der Waals surface area contributed by atoms with Crippen LogP contribution in [-0.2, 0) is 14.6 Å². The molecule has 0 aliphatic heterocycles. The molecule has 1 aromatic rings. The summed E-state index contributed by atoms with van der Waals surface area (Å²) in [5.74, 6) is -0.0325. The molecule has 0 spiro atoms. The summed E-state index contributed by atoms with van der Waals surface area (Å²) in [6, 6.07) is 2.71. The number of ether oxygens (including phenoxy) is 1. The number of pyridine rings is 1. The topological polar surface area (TPSA) is 120 Å². The maximum atomic E-state index is 11.5. The largest absolute Gasteiger partial charge is 0.437 e. The van der Waals surface area contributed by atoms with Gasteiger partial charge >= 0.3 is 6.09 Å². The smallest absolute Gasteiger partial charge is 0.405 e. The summed E-state index contributed by atoms with van der Waals surface area (Å²) in [6.45, 7) is 1.03. The first-order chi connectivity index (χ1) is 8.40. The number of sulfone groups is 1. The van der Waals surface area contributed by atoms with Crippen molar-refractivity contribution in [1.29, 1.82) is 0 Å². The van der Waals surface area contributed by atoms with Crippen LogP contribution in [0.1, 0.15) is 18.7 Å². The first-order valence-electron chi connectivity index (χ1n) is 5.16. The van der Waals surface area contributed by atoms with Gasteiger partial charge in [-0.25, -0.2) is 13.2 Å². The van der Waals surface area contributed by atoms with Crippen LogP contribution in [0, 0.1) is 0 Å². The number of aliphatic hydroxyl groups excluding tert-OH is 1. The van der Waals surface area contributed by atoms with Gasteiger partial charge in [-0.15, -0.1) is 0 Å². The van der Waals surface area contributed by atoms with Crippen LogP contribution in [0.2, 0.25) is 0 Å². The highest BCUT2D eigenvalue weighted by molar-refractivity contribution is 7.91. The number of primary amides is 1. The second kappa shape index (κ2) is 5.78. The molecule has 100 valence electrons. The standard InChI is InChI=1S/C10H14N2O5S/c1-2-18(15,16)7-3-4-8(12-5-7)9(6-13)17-10(11)14/h3-5,9,13H,2,6H2,1H3,(H2,11,14). The van der Waals surface area contributed by atoms with Crippen molar-refractivity contribution in [3.05, 3.63) is 24.0 Å². The molecule has 3 N–H and O–H groups in total. The number of carbonyl (C=O) groups excluding carboxylic acids is 1. The van der Waals surface area contributed by atoms with Crippen LogP contribution in [0.3, 0.4) is 0 Å². The Labute approximate surface area is 105 Å². The molecule has 7 nitrogen and oxygen atoms in total. The Balaban J connectivity index is 2.98. The second-order valence-electron chi connectivity index (χ2n) is 3.43. The zero-order chi connectivity index (χ0) is 13.8. The Morgan fingerprint density at radius 1 is 1.56 bits per heavy atom. The number of nitrogens with zero attached hydrogens (tertiary/aromatic N) is 1. The molecule has 1 aromatic heterocycles. The summed E-state index contributed by atoms with van der Waals surface area (Å²) in [5, 5.41) is 9.01. The zero-order valence-electron chi connectivity index (χ0n) is 9.74. The Morgan fingerprint density at radius 3 is 2.61 bits per heavy atom. The van der Waals surface area contributed by atoms with E-state index in [1.54, 1.807) is 0 Å². The Hall–Kier alpha value is -1.67. The van der Waals surface area contributed by atoms with E-state index in [4.69, 9.17) is 10.8 Å². The van der Waals surface area contributed by atoms with Gasteiger partial charge in [0.25, 0.3) is 0 Å². The summed E-state index contributed by atoms with van der Waals surface area (Å²) >= 11 is 0. The van der Waals surface area contributed by atoms with E-state index < -0.39 is 28.6 Å². The van der Waals surface area contributed by atoms with E-state index in [1.807, 2.05) is 0 Å². The lowest BCUT2D eigenvalue weighted by molar-refractivity contribution is 0.0607. The summed E-state index contributed by atoms with van der Waals surface area (Å²) in [4.78, 5) is 14.5.